The van der Waals surface area contributed by atoms with Gasteiger partial charge in [0, 0.05) is 32.7 Å². The predicted octanol–water partition coefficient (Wildman–Crippen LogP) is 1.58. The van der Waals surface area contributed by atoms with Crippen molar-refractivity contribution in [2.45, 2.75) is 19.1 Å². The maximum absolute atomic E-state index is 3.76. The van der Waals surface area contributed by atoms with Crippen LogP contribution in [0, 0.1) is 13.8 Å². The fourth-order valence-electron chi connectivity index (χ4n) is 0.167. The van der Waals surface area contributed by atoms with Gasteiger partial charge in [0.05, 0.1) is 7.28 Å². The molecule has 0 aliphatic rings. The Balaban J connectivity index is 0. The van der Waals surface area contributed by atoms with Gasteiger partial charge in [0.1, 0.15) is 0 Å². The van der Waals surface area contributed by atoms with Crippen LogP contribution in [-0.4, -0.2) is 7.28 Å². The van der Waals surface area contributed by atoms with E-state index in [1.54, 1.807) is 0 Å². The van der Waals surface area contributed by atoms with Crippen LogP contribution < -0.4 is 0 Å². The van der Waals surface area contributed by atoms with Gasteiger partial charge in [-0.2, -0.15) is 0 Å². The van der Waals surface area contributed by atoms with Crippen molar-refractivity contribution < 1.29 is 32.7 Å². The third-order valence-electron chi connectivity index (χ3n) is 0.842. The summed E-state index contributed by atoms with van der Waals surface area (Å²) < 4.78 is 0. The van der Waals surface area contributed by atoms with E-state index in [0.29, 0.717) is 5.82 Å². The van der Waals surface area contributed by atoms with Crippen molar-refractivity contribution in [1.29, 1.82) is 0 Å². The van der Waals surface area contributed by atoms with Crippen LogP contribution in [0.5, 0.6) is 0 Å². The Hall–Kier alpha value is 1.17. The molecule has 0 aromatic rings. The molecule has 0 heterocycles. The van der Waals surface area contributed by atoms with Crippen molar-refractivity contribution in [2.75, 3.05) is 0 Å². The first kappa shape index (κ1) is 11.0. The second-order valence-electron chi connectivity index (χ2n) is 1.38. The summed E-state index contributed by atoms with van der Waals surface area (Å²) >= 11 is 0. The molecule has 0 rings (SSSR count). The van der Waals surface area contributed by atoms with Crippen molar-refractivity contribution in [3.05, 3.63) is 13.8 Å². The molecule has 0 aliphatic carbocycles. The molecule has 0 bridgehead atoms. The molecular weight excluding hydrogens is 160 g/mol. The Morgan fingerprint density at radius 2 is 2.14 bits per heavy atom. The summed E-state index contributed by atoms with van der Waals surface area (Å²) in [7, 11) is 2.05. The molecule has 0 saturated carbocycles. The Labute approximate surface area is 72.6 Å². The zero-order valence-corrected chi connectivity index (χ0v) is 7.69. The van der Waals surface area contributed by atoms with E-state index in [1.165, 1.54) is 0 Å². The maximum atomic E-state index is 3.76. The molecule has 0 saturated heterocycles. The summed E-state index contributed by atoms with van der Waals surface area (Å²) in [5.41, 5.74) is 0. The normalized spacial score (nSPS) is 11.9. The zero-order chi connectivity index (χ0) is 4.99. The summed E-state index contributed by atoms with van der Waals surface area (Å²) in [6.45, 7) is 9.42. The standard InChI is InChI=1S/C5H10B.Y/c1-4-5(2)6-3;/h5H,1-2,4H2,3H3;/q-2;. The Kier molecular flexibility index (Phi) is 11.3. The average molecular weight is 170 g/mol. The number of rotatable bonds is 2. The van der Waals surface area contributed by atoms with E-state index in [2.05, 4.69) is 13.8 Å². The molecule has 0 nitrogen and oxygen atoms in total. The smallest absolute Gasteiger partial charge is 0.0733 e. The third-order valence-corrected chi connectivity index (χ3v) is 0.842. The van der Waals surface area contributed by atoms with Crippen LogP contribution in [0.3, 0.4) is 0 Å². The van der Waals surface area contributed by atoms with Gasteiger partial charge in [-0.15, -0.1) is 0 Å². The van der Waals surface area contributed by atoms with Gasteiger partial charge in [-0.3, -0.25) is 0 Å². The van der Waals surface area contributed by atoms with E-state index < -0.39 is 0 Å². The van der Waals surface area contributed by atoms with Crippen LogP contribution in [0.15, 0.2) is 0 Å². The fourth-order valence-corrected chi connectivity index (χ4v) is 0.167. The molecule has 0 aromatic carbocycles. The van der Waals surface area contributed by atoms with Crippen LogP contribution in [0.4, 0.5) is 0 Å². The SMILES string of the molecule is [CH2-]CC([CH2-])[B]C.[Y]. The largest absolute Gasteiger partial charge is 0.350 e. The molecule has 0 amide bonds. The third kappa shape index (κ3) is 7.17. The minimum atomic E-state index is 0. The molecule has 0 spiro atoms. The van der Waals surface area contributed by atoms with Gasteiger partial charge in [0.2, 0.25) is 0 Å². The molecular formula is C5H10BY-2. The monoisotopic (exact) mass is 170 g/mol. The van der Waals surface area contributed by atoms with Gasteiger partial charge in [-0.1, -0.05) is 6.82 Å². The maximum Gasteiger partial charge on any atom is 0.0733 e. The Morgan fingerprint density at radius 1 is 1.71 bits per heavy atom. The molecule has 0 aromatic heterocycles. The summed E-state index contributed by atoms with van der Waals surface area (Å²) in [5.74, 6) is 0.449. The fraction of sp³-hybridized carbons (Fsp3) is 0.600. The van der Waals surface area contributed by atoms with Gasteiger partial charge in [0.15, 0.2) is 0 Å². The Morgan fingerprint density at radius 3 is 2.14 bits per heavy atom. The first-order valence-corrected chi connectivity index (χ1v) is 2.23. The van der Waals surface area contributed by atoms with Crippen LogP contribution >= 0.6 is 0 Å². The van der Waals surface area contributed by atoms with Crippen LogP contribution in [0.1, 0.15) is 6.42 Å². The van der Waals surface area contributed by atoms with Crippen LogP contribution in [-0.2, 0) is 32.7 Å². The van der Waals surface area contributed by atoms with Crippen molar-refractivity contribution in [1.82, 2.24) is 0 Å². The first-order valence-electron chi connectivity index (χ1n) is 2.23. The van der Waals surface area contributed by atoms with Crippen molar-refractivity contribution in [3.8, 4) is 0 Å². The second-order valence-corrected chi connectivity index (χ2v) is 1.38. The number of hydrogen-bond donors (Lipinski definition) is 0. The topological polar surface area (TPSA) is 0 Å². The molecule has 2 radical (unpaired) electrons. The molecule has 7 heavy (non-hydrogen) atoms. The minimum Gasteiger partial charge on any atom is -0.350 e. The predicted molar refractivity (Wildman–Crippen MR) is 30.7 cm³/mol. The molecule has 0 fully saturated rings. The van der Waals surface area contributed by atoms with Crippen LogP contribution in [0.2, 0.25) is 12.6 Å². The molecule has 0 aliphatic heterocycles. The molecule has 38 valence electrons. The first-order chi connectivity index (χ1) is 2.81. The molecule has 1 unspecified atom stereocenters. The average Bonchev–Trinajstić information content (AvgIpc) is 1.65. The van der Waals surface area contributed by atoms with Crippen molar-refractivity contribution in [3.63, 3.8) is 0 Å². The minimum absolute atomic E-state index is 0. The summed E-state index contributed by atoms with van der Waals surface area (Å²) in [6.07, 6.45) is 0.913. The number of hydrogen-bond acceptors (Lipinski definition) is 0. The van der Waals surface area contributed by atoms with E-state index in [-0.39, 0.29) is 32.7 Å². The zero-order valence-electron chi connectivity index (χ0n) is 4.85. The van der Waals surface area contributed by atoms with Crippen molar-refractivity contribution in [2.24, 2.45) is 0 Å². The van der Waals surface area contributed by atoms with Crippen molar-refractivity contribution >= 4 is 7.28 Å². The quantitative estimate of drug-likeness (QED) is 0.435. The van der Waals surface area contributed by atoms with Gasteiger partial charge >= 0.3 is 0 Å². The van der Waals surface area contributed by atoms with E-state index in [9.17, 15) is 0 Å². The van der Waals surface area contributed by atoms with E-state index >= 15 is 0 Å². The second kappa shape index (κ2) is 7.17. The summed E-state index contributed by atoms with van der Waals surface area (Å²) in [5, 5.41) is 0. The van der Waals surface area contributed by atoms with E-state index in [4.69, 9.17) is 0 Å². The summed E-state index contributed by atoms with van der Waals surface area (Å²) in [6, 6.07) is 0. The van der Waals surface area contributed by atoms with Gasteiger partial charge in [-0.25, -0.2) is 12.2 Å². The van der Waals surface area contributed by atoms with E-state index in [0.717, 1.165) is 6.42 Å². The van der Waals surface area contributed by atoms with Gasteiger partial charge < -0.3 is 13.8 Å². The summed E-state index contributed by atoms with van der Waals surface area (Å²) in [4.78, 5) is 0. The Bertz CT molecular complexity index is 27.3. The molecule has 2 heteroatoms. The molecule has 0 N–H and O–H groups in total. The van der Waals surface area contributed by atoms with Gasteiger partial charge in [0.25, 0.3) is 0 Å². The van der Waals surface area contributed by atoms with E-state index in [1.807, 2.05) is 14.1 Å². The molecule has 1 atom stereocenters. The van der Waals surface area contributed by atoms with Crippen LogP contribution in [0.25, 0.3) is 0 Å². The van der Waals surface area contributed by atoms with Gasteiger partial charge in [-0.05, 0) is 0 Å².